The Kier molecular flexibility index (Phi) is 6.19. The molecule has 0 radical (unpaired) electrons. The third kappa shape index (κ3) is 4.95. The monoisotopic (exact) mass is 392 g/mol. The lowest BCUT2D eigenvalue weighted by atomic mass is 10.2. The number of methoxy groups -OCH3 is 2. The van der Waals surface area contributed by atoms with E-state index in [-0.39, 0.29) is 5.91 Å². The highest BCUT2D eigenvalue weighted by Gasteiger charge is 2.10. The average Bonchev–Trinajstić information content (AvgIpc) is 2.74. The Morgan fingerprint density at radius 3 is 2.21 bits per heavy atom. The van der Waals surface area contributed by atoms with Gasteiger partial charge >= 0.3 is 0 Å². The Labute approximate surface area is 170 Å². The number of amides is 1. The summed E-state index contributed by atoms with van der Waals surface area (Å²) in [6, 6.07) is 14.9. The van der Waals surface area contributed by atoms with Gasteiger partial charge in [-0.05, 0) is 42.5 Å². The second-order valence-electron chi connectivity index (χ2n) is 6.55. The third-order valence-corrected chi connectivity index (χ3v) is 4.31. The topological polar surface area (TPSA) is 75.7 Å². The summed E-state index contributed by atoms with van der Waals surface area (Å²) in [5.41, 5.74) is 3.79. The van der Waals surface area contributed by atoms with Crippen LogP contribution in [-0.2, 0) is 0 Å². The molecule has 0 atom stereocenters. The molecule has 7 nitrogen and oxygen atoms in total. The van der Waals surface area contributed by atoms with Crippen LogP contribution in [0.4, 0.5) is 22.7 Å². The van der Waals surface area contributed by atoms with Crippen molar-refractivity contribution in [3.63, 3.8) is 0 Å². The fourth-order valence-corrected chi connectivity index (χ4v) is 2.76. The minimum absolute atomic E-state index is 0.267. The van der Waals surface area contributed by atoms with Gasteiger partial charge < -0.3 is 25.0 Å². The SMILES string of the molecule is COc1ccc(NC(=O)c2cncc(Nc3ccc(N(C)C)cc3)c2)cc1OC. The first kappa shape index (κ1) is 20.0. The molecule has 2 aromatic carbocycles. The van der Waals surface area contributed by atoms with Crippen molar-refractivity contribution in [2.24, 2.45) is 0 Å². The lowest BCUT2D eigenvalue weighted by molar-refractivity contribution is 0.102. The number of hydrogen-bond acceptors (Lipinski definition) is 6. The minimum Gasteiger partial charge on any atom is -0.493 e. The zero-order valence-corrected chi connectivity index (χ0v) is 16.9. The molecule has 0 unspecified atom stereocenters. The van der Waals surface area contributed by atoms with Crippen LogP contribution < -0.4 is 25.0 Å². The maximum atomic E-state index is 12.6. The smallest absolute Gasteiger partial charge is 0.257 e. The van der Waals surface area contributed by atoms with Crippen molar-refractivity contribution in [2.45, 2.75) is 0 Å². The Morgan fingerprint density at radius 1 is 0.862 bits per heavy atom. The molecule has 0 saturated heterocycles. The van der Waals surface area contributed by atoms with Gasteiger partial charge in [-0.2, -0.15) is 0 Å². The van der Waals surface area contributed by atoms with Crippen molar-refractivity contribution in [1.82, 2.24) is 4.98 Å². The van der Waals surface area contributed by atoms with E-state index in [4.69, 9.17) is 9.47 Å². The van der Waals surface area contributed by atoms with E-state index in [9.17, 15) is 4.79 Å². The van der Waals surface area contributed by atoms with E-state index >= 15 is 0 Å². The van der Waals surface area contributed by atoms with E-state index in [1.54, 1.807) is 44.7 Å². The molecule has 7 heteroatoms. The van der Waals surface area contributed by atoms with Crippen molar-refractivity contribution < 1.29 is 14.3 Å². The summed E-state index contributed by atoms with van der Waals surface area (Å²) in [6.07, 6.45) is 3.20. The van der Waals surface area contributed by atoms with E-state index in [2.05, 4.69) is 15.6 Å². The van der Waals surface area contributed by atoms with Crippen LogP contribution in [0.2, 0.25) is 0 Å². The number of rotatable bonds is 7. The minimum atomic E-state index is -0.267. The number of nitrogens with one attached hydrogen (secondary N) is 2. The molecule has 0 bridgehead atoms. The predicted molar refractivity (Wildman–Crippen MR) is 116 cm³/mol. The summed E-state index contributed by atoms with van der Waals surface area (Å²) in [7, 11) is 7.10. The van der Waals surface area contributed by atoms with Crippen molar-refractivity contribution in [3.05, 3.63) is 66.5 Å². The Bertz CT molecular complexity index is 988. The molecule has 0 saturated carbocycles. The Balaban J connectivity index is 1.72. The normalized spacial score (nSPS) is 10.2. The third-order valence-electron chi connectivity index (χ3n) is 4.31. The van der Waals surface area contributed by atoms with Crippen molar-refractivity contribution >= 4 is 28.7 Å². The molecule has 0 aliphatic rings. The molecule has 0 fully saturated rings. The van der Waals surface area contributed by atoms with Crippen LogP contribution in [0.5, 0.6) is 11.5 Å². The van der Waals surface area contributed by atoms with Gasteiger partial charge in [0.1, 0.15) is 0 Å². The van der Waals surface area contributed by atoms with Crippen LogP contribution in [0.1, 0.15) is 10.4 Å². The molecule has 0 aliphatic heterocycles. The predicted octanol–water partition coefficient (Wildman–Crippen LogP) is 4.16. The molecule has 1 heterocycles. The molecule has 0 aliphatic carbocycles. The molecule has 29 heavy (non-hydrogen) atoms. The van der Waals surface area contributed by atoms with Gasteiger partial charge in [0, 0.05) is 43.4 Å². The van der Waals surface area contributed by atoms with Crippen LogP contribution in [0.15, 0.2) is 60.9 Å². The zero-order valence-electron chi connectivity index (χ0n) is 16.9. The molecular weight excluding hydrogens is 368 g/mol. The highest BCUT2D eigenvalue weighted by Crippen LogP contribution is 2.30. The maximum absolute atomic E-state index is 12.6. The fraction of sp³-hybridized carbons (Fsp3) is 0.182. The summed E-state index contributed by atoms with van der Waals surface area (Å²) < 4.78 is 10.5. The zero-order chi connectivity index (χ0) is 20.8. The van der Waals surface area contributed by atoms with Crippen LogP contribution in [0.25, 0.3) is 0 Å². The summed E-state index contributed by atoms with van der Waals surface area (Å²) in [5.74, 6) is 0.870. The maximum Gasteiger partial charge on any atom is 0.257 e. The first-order valence-corrected chi connectivity index (χ1v) is 9.03. The van der Waals surface area contributed by atoms with E-state index in [0.717, 1.165) is 17.1 Å². The number of benzene rings is 2. The first-order chi connectivity index (χ1) is 14.0. The van der Waals surface area contributed by atoms with E-state index < -0.39 is 0 Å². The largest absolute Gasteiger partial charge is 0.493 e. The van der Waals surface area contributed by atoms with Gasteiger partial charge in [-0.3, -0.25) is 9.78 Å². The number of aromatic nitrogens is 1. The van der Waals surface area contributed by atoms with E-state index in [1.165, 1.54) is 6.20 Å². The van der Waals surface area contributed by atoms with Crippen LogP contribution >= 0.6 is 0 Å². The van der Waals surface area contributed by atoms with Gasteiger partial charge in [0.2, 0.25) is 0 Å². The Hall–Kier alpha value is -3.74. The number of carbonyl (C=O) groups is 1. The van der Waals surface area contributed by atoms with Gasteiger partial charge in [0.05, 0.1) is 31.7 Å². The molecule has 0 spiro atoms. The highest BCUT2D eigenvalue weighted by molar-refractivity contribution is 6.04. The van der Waals surface area contributed by atoms with Gasteiger partial charge in [0.25, 0.3) is 5.91 Å². The first-order valence-electron chi connectivity index (χ1n) is 9.03. The van der Waals surface area contributed by atoms with Gasteiger partial charge in [0.15, 0.2) is 11.5 Å². The number of carbonyl (C=O) groups excluding carboxylic acids is 1. The van der Waals surface area contributed by atoms with Crippen molar-refractivity contribution in [2.75, 3.05) is 43.8 Å². The Morgan fingerprint density at radius 2 is 1.55 bits per heavy atom. The average molecular weight is 392 g/mol. The number of ether oxygens (including phenoxy) is 2. The fourth-order valence-electron chi connectivity index (χ4n) is 2.76. The molecule has 3 aromatic rings. The molecule has 150 valence electrons. The molecule has 3 rings (SSSR count). The standard InChI is InChI=1S/C22H24N4O3/c1-26(2)19-8-5-16(6-9-19)24-18-11-15(13-23-14-18)22(27)25-17-7-10-20(28-3)21(12-17)29-4/h5-14,24H,1-4H3,(H,25,27). The van der Waals surface area contributed by atoms with Gasteiger partial charge in [-0.1, -0.05) is 0 Å². The molecule has 1 aromatic heterocycles. The van der Waals surface area contributed by atoms with E-state index in [1.807, 2.05) is 43.3 Å². The lowest BCUT2D eigenvalue weighted by Gasteiger charge is -2.14. The summed E-state index contributed by atoms with van der Waals surface area (Å²) >= 11 is 0. The summed E-state index contributed by atoms with van der Waals surface area (Å²) in [5, 5.41) is 6.11. The molecular formula is C22H24N4O3. The number of nitrogens with zero attached hydrogens (tertiary/aromatic N) is 2. The van der Waals surface area contributed by atoms with Gasteiger partial charge in [-0.25, -0.2) is 0 Å². The van der Waals surface area contributed by atoms with E-state index in [0.29, 0.717) is 22.7 Å². The van der Waals surface area contributed by atoms with Gasteiger partial charge in [-0.15, -0.1) is 0 Å². The van der Waals surface area contributed by atoms with Crippen molar-refractivity contribution in [1.29, 1.82) is 0 Å². The summed E-state index contributed by atoms with van der Waals surface area (Å²) in [4.78, 5) is 18.8. The second-order valence-corrected chi connectivity index (χ2v) is 6.55. The van der Waals surface area contributed by atoms with Crippen LogP contribution in [-0.4, -0.2) is 39.2 Å². The number of hydrogen-bond donors (Lipinski definition) is 2. The number of anilines is 4. The van der Waals surface area contributed by atoms with Crippen molar-refractivity contribution in [3.8, 4) is 11.5 Å². The highest BCUT2D eigenvalue weighted by atomic mass is 16.5. The second kappa shape index (κ2) is 8.97. The number of pyridine rings is 1. The molecule has 1 amide bonds. The summed E-state index contributed by atoms with van der Waals surface area (Å²) in [6.45, 7) is 0. The van der Waals surface area contributed by atoms with Crippen LogP contribution in [0.3, 0.4) is 0 Å². The molecule has 2 N–H and O–H groups in total. The lowest BCUT2D eigenvalue weighted by Crippen LogP contribution is -2.12. The van der Waals surface area contributed by atoms with Crippen LogP contribution in [0, 0.1) is 0 Å². The quantitative estimate of drug-likeness (QED) is 0.629.